The van der Waals surface area contributed by atoms with E-state index in [0.29, 0.717) is 13.0 Å². The van der Waals surface area contributed by atoms with Gasteiger partial charge in [-0.2, -0.15) is 0 Å². The van der Waals surface area contributed by atoms with Crippen LogP contribution in [0.3, 0.4) is 0 Å². The van der Waals surface area contributed by atoms with E-state index in [9.17, 15) is 4.79 Å². The van der Waals surface area contributed by atoms with Crippen molar-refractivity contribution in [1.29, 1.82) is 0 Å². The summed E-state index contributed by atoms with van der Waals surface area (Å²) in [5, 5.41) is 0. The quantitative estimate of drug-likeness (QED) is 0.759. The summed E-state index contributed by atoms with van der Waals surface area (Å²) < 4.78 is 0. The average Bonchev–Trinajstić information content (AvgIpc) is 2.17. The third kappa shape index (κ3) is 3.17. The largest absolute Gasteiger partial charge is 0.326 e. The van der Waals surface area contributed by atoms with Crippen molar-refractivity contribution >= 4 is 18.2 Å². The van der Waals surface area contributed by atoms with Crippen molar-refractivity contribution in [2.45, 2.75) is 19.9 Å². The molecule has 0 aliphatic heterocycles. The Hall–Kier alpha value is -0.860. The van der Waals surface area contributed by atoms with Crippen LogP contribution in [-0.4, -0.2) is 5.78 Å². The van der Waals surface area contributed by atoms with Crippen LogP contribution in [0.5, 0.6) is 0 Å². The highest BCUT2D eigenvalue weighted by molar-refractivity contribution is 5.95. The normalized spacial score (nSPS) is 9.08. The van der Waals surface area contributed by atoms with Gasteiger partial charge in [-0.15, -0.1) is 12.4 Å². The van der Waals surface area contributed by atoms with E-state index < -0.39 is 0 Å². The molecule has 1 aromatic rings. The van der Waals surface area contributed by atoms with Crippen LogP contribution < -0.4 is 5.73 Å². The summed E-state index contributed by atoms with van der Waals surface area (Å²) in [4.78, 5) is 11.2. The third-order valence-electron chi connectivity index (χ3n) is 1.83. The van der Waals surface area contributed by atoms with Crippen molar-refractivity contribution in [1.82, 2.24) is 0 Å². The highest BCUT2D eigenvalue weighted by Gasteiger charge is 2.00. The van der Waals surface area contributed by atoms with Crippen molar-refractivity contribution in [2.24, 2.45) is 5.73 Å². The molecule has 13 heavy (non-hydrogen) atoms. The lowest BCUT2D eigenvalue weighted by molar-refractivity contribution is 0.0988. The molecule has 2 N–H and O–H groups in total. The number of halogens is 1. The Morgan fingerprint density at radius 3 is 2.23 bits per heavy atom. The first-order chi connectivity index (χ1) is 5.77. The molecule has 72 valence electrons. The van der Waals surface area contributed by atoms with Crippen LogP contribution in [0, 0.1) is 0 Å². The maximum absolute atomic E-state index is 11.2. The van der Waals surface area contributed by atoms with E-state index in [1.54, 1.807) is 0 Å². The highest BCUT2D eigenvalue weighted by atomic mass is 35.5. The topological polar surface area (TPSA) is 43.1 Å². The maximum Gasteiger partial charge on any atom is 0.162 e. The lowest BCUT2D eigenvalue weighted by Crippen LogP contribution is -1.99. The maximum atomic E-state index is 11.2. The predicted molar refractivity (Wildman–Crippen MR) is 56.2 cm³/mol. The van der Waals surface area contributed by atoms with Crippen molar-refractivity contribution < 1.29 is 4.79 Å². The van der Waals surface area contributed by atoms with Gasteiger partial charge in [0.15, 0.2) is 5.78 Å². The van der Waals surface area contributed by atoms with Crippen LogP contribution in [-0.2, 0) is 6.54 Å². The molecule has 0 radical (unpaired) electrons. The molecule has 0 spiro atoms. The molecule has 0 unspecified atom stereocenters. The number of hydrogen-bond acceptors (Lipinski definition) is 2. The van der Waals surface area contributed by atoms with Gasteiger partial charge >= 0.3 is 0 Å². The standard InChI is InChI=1S/C10H13NO.ClH/c1-2-10(12)9-5-3-8(7-11)4-6-9;/h3-6H,2,7,11H2,1H3;1H. The van der Waals surface area contributed by atoms with Gasteiger partial charge in [-0.1, -0.05) is 31.2 Å². The van der Waals surface area contributed by atoms with Crippen LogP contribution in [0.25, 0.3) is 0 Å². The Morgan fingerprint density at radius 1 is 1.31 bits per heavy atom. The smallest absolute Gasteiger partial charge is 0.162 e. The molecule has 0 atom stereocenters. The highest BCUT2D eigenvalue weighted by Crippen LogP contribution is 2.05. The van der Waals surface area contributed by atoms with Crippen molar-refractivity contribution in [2.75, 3.05) is 0 Å². The number of carbonyl (C=O) groups is 1. The molecule has 0 aromatic heterocycles. The Bertz CT molecular complexity index is 269. The summed E-state index contributed by atoms with van der Waals surface area (Å²) in [6.45, 7) is 2.39. The van der Waals surface area contributed by atoms with Crippen LogP contribution in [0.1, 0.15) is 29.3 Å². The summed E-state index contributed by atoms with van der Waals surface area (Å²) in [6, 6.07) is 7.44. The molecule has 3 heteroatoms. The molecule has 0 aliphatic rings. The van der Waals surface area contributed by atoms with Gasteiger partial charge in [0, 0.05) is 18.5 Å². The summed E-state index contributed by atoms with van der Waals surface area (Å²) in [5.74, 6) is 0.179. The molecule has 1 rings (SSSR count). The van der Waals surface area contributed by atoms with Gasteiger partial charge in [0.25, 0.3) is 0 Å². The minimum atomic E-state index is 0. The monoisotopic (exact) mass is 199 g/mol. The Balaban J connectivity index is 0.00000144. The van der Waals surface area contributed by atoms with E-state index in [1.807, 2.05) is 31.2 Å². The lowest BCUT2D eigenvalue weighted by atomic mass is 10.1. The zero-order chi connectivity index (χ0) is 8.97. The van der Waals surface area contributed by atoms with Crippen LogP contribution >= 0.6 is 12.4 Å². The van der Waals surface area contributed by atoms with Crippen molar-refractivity contribution in [3.63, 3.8) is 0 Å². The van der Waals surface area contributed by atoms with E-state index in [0.717, 1.165) is 11.1 Å². The summed E-state index contributed by atoms with van der Waals surface area (Å²) in [5.41, 5.74) is 7.25. The second-order valence-electron chi connectivity index (χ2n) is 2.68. The minimum Gasteiger partial charge on any atom is -0.326 e. The summed E-state index contributed by atoms with van der Waals surface area (Å²) >= 11 is 0. The number of Topliss-reactive ketones (excluding diaryl/α,β-unsaturated/α-hetero) is 1. The molecule has 0 saturated heterocycles. The van der Waals surface area contributed by atoms with Crippen LogP contribution in [0.15, 0.2) is 24.3 Å². The van der Waals surface area contributed by atoms with Gasteiger partial charge in [-0.05, 0) is 5.56 Å². The molecule has 0 aliphatic carbocycles. The van der Waals surface area contributed by atoms with E-state index in [1.165, 1.54) is 0 Å². The molecule has 0 heterocycles. The Morgan fingerprint density at radius 2 is 1.85 bits per heavy atom. The molecule has 2 nitrogen and oxygen atoms in total. The predicted octanol–water partition coefficient (Wildman–Crippen LogP) is 2.16. The van der Waals surface area contributed by atoms with Gasteiger partial charge < -0.3 is 5.73 Å². The Kier molecular flexibility index (Phi) is 5.35. The zero-order valence-electron chi connectivity index (χ0n) is 7.62. The van der Waals surface area contributed by atoms with E-state index in [2.05, 4.69) is 0 Å². The van der Waals surface area contributed by atoms with Crippen molar-refractivity contribution in [3.05, 3.63) is 35.4 Å². The van der Waals surface area contributed by atoms with Crippen LogP contribution in [0.4, 0.5) is 0 Å². The lowest BCUT2D eigenvalue weighted by Gasteiger charge is -1.99. The van der Waals surface area contributed by atoms with Gasteiger partial charge in [-0.3, -0.25) is 4.79 Å². The molecular formula is C10H14ClNO. The van der Waals surface area contributed by atoms with E-state index in [-0.39, 0.29) is 18.2 Å². The molecule has 0 amide bonds. The Labute approximate surface area is 84.5 Å². The first kappa shape index (κ1) is 12.1. The number of benzene rings is 1. The third-order valence-corrected chi connectivity index (χ3v) is 1.83. The van der Waals surface area contributed by atoms with Gasteiger partial charge in [0.05, 0.1) is 0 Å². The first-order valence-electron chi connectivity index (χ1n) is 4.10. The fraction of sp³-hybridized carbons (Fsp3) is 0.300. The number of hydrogen-bond donors (Lipinski definition) is 1. The minimum absolute atomic E-state index is 0. The average molecular weight is 200 g/mol. The molecular weight excluding hydrogens is 186 g/mol. The van der Waals surface area contributed by atoms with E-state index in [4.69, 9.17) is 5.73 Å². The van der Waals surface area contributed by atoms with Crippen molar-refractivity contribution in [3.8, 4) is 0 Å². The number of carbonyl (C=O) groups excluding carboxylic acids is 1. The molecule has 0 saturated carbocycles. The molecule has 0 bridgehead atoms. The fourth-order valence-corrected chi connectivity index (χ4v) is 1.03. The van der Waals surface area contributed by atoms with Gasteiger partial charge in [0.1, 0.15) is 0 Å². The second-order valence-corrected chi connectivity index (χ2v) is 2.68. The van der Waals surface area contributed by atoms with Gasteiger partial charge in [0.2, 0.25) is 0 Å². The molecule has 1 aromatic carbocycles. The van der Waals surface area contributed by atoms with Gasteiger partial charge in [-0.25, -0.2) is 0 Å². The number of ketones is 1. The van der Waals surface area contributed by atoms with E-state index >= 15 is 0 Å². The first-order valence-corrected chi connectivity index (χ1v) is 4.10. The SMILES string of the molecule is CCC(=O)c1ccc(CN)cc1.Cl. The summed E-state index contributed by atoms with van der Waals surface area (Å²) in [7, 11) is 0. The number of nitrogens with two attached hydrogens (primary N) is 1. The fourth-order valence-electron chi connectivity index (χ4n) is 1.03. The molecule has 0 fully saturated rings. The zero-order valence-corrected chi connectivity index (χ0v) is 8.43. The second kappa shape index (κ2) is 5.73. The number of rotatable bonds is 3. The summed E-state index contributed by atoms with van der Waals surface area (Å²) in [6.07, 6.45) is 0.558. The van der Waals surface area contributed by atoms with Crippen LogP contribution in [0.2, 0.25) is 0 Å².